The second-order valence-corrected chi connectivity index (χ2v) is 0. The van der Waals surface area contributed by atoms with Crippen molar-refractivity contribution in [3.05, 3.63) is 0 Å². The molecule has 0 aromatic heterocycles. The molecule has 0 radical (unpaired) electrons. The van der Waals surface area contributed by atoms with Crippen LogP contribution in [0.15, 0.2) is 0 Å². The summed E-state index contributed by atoms with van der Waals surface area (Å²) < 4.78 is 0. The molecule has 0 aliphatic carbocycles. The van der Waals surface area contributed by atoms with E-state index in [1.54, 1.807) is 0 Å². The normalized spacial score (nSPS) is 0. The van der Waals surface area contributed by atoms with Crippen LogP contribution in [0.1, 0.15) is 0 Å². The Bertz CT molecular complexity index is 3.25. The third-order valence-electron chi connectivity index (χ3n) is 0. The maximum absolute atomic E-state index is 0. The summed E-state index contributed by atoms with van der Waals surface area (Å²) >= 11 is 0. The van der Waals surface area contributed by atoms with E-state index in [0.717, 1.165) is 0 Å². The second kappa shape index (κ2) is 21.5. The molecule has 4 heteroatoms. The van der Waals surface area contributed by atoms with Crippen molar-refractivity contribution in [2.75, 3.05) is 0 Å². The number of rotatable bonds is 0. The number of halogens is 3. The van der Waals surface area contributed by atoms with E-state index in [2.05, 4.69) is 0 Å². The maximum atomic E-state index is 0. The molecule has 0 fully saturated rings. The molecule has 0 rings (SSSR count). The molecule has 0 atom stereocenters. The van der Waals surface area contributed by atoms with Crippen LogP contribution < -0.4 is 0 Å². The van der Waals surface area contributed by atoms with Gasteiger partial charge in [-0.25, -0.2) is 0 Å². The van der Waals surface area contributed by atoms with Crippen molar-refractivity contribution in [2.45, 2.75) is 0 Å². The molecule has 0 N–H and O–H groups in total. The van der Waals surface area contributed by atoms with Gasteiger partial charge in [-0.1, -0.05) is 0 Å². The second-order valence-electron chi connectivity index (χ2n) is 0. The summed E-state index contributed by atoms with van der Waals surface area (Å²) in [6.07, 6.45) is 0. The van der Waals surface area contributed by atoms with Gasteiger partial charge in [0, 0.05) is 27.3 Å². The van der Waals surface area contributed by atoms with Gasteiger partial charge in [-0.15, -0.1) is 37.2 Å². The smallest absolute Gasteiger partial charge is 0 e. The summed E-state index contributed by atoms with van der Waals surface area (Å²) in [4.78, 5) is 0. The quantitative estimate of drug-likeness (QED) is 0.541. The molecule has 0 spiro atoms. The van der Waals surface area contributed by atoms with E-state index in [1.807, 2.05) is 0 Å². The van der Waals surface area contributed by atoms with Gasteiger partial charge in [0.15, 0.2) is 0 Å². The van der Waals surface area contributed by atoms with E-state index in [9.17, 15) is 0 Å². The molecule has 0 amide bonds. The zero-order valence-electron chi connectivity index (χ0n) is 1.93. The van der Waals surface area contributed by atoms with Crippen LogP contribution in [0.25, 0.3) is 0 Å². The average molecular weight is 222 g/mol. The number of hydrogen-bond donors (Lipinski definition) is 0. The minimum Gasteiger partial charge on any atom is -0.147 e. The van der Waals surface area contributed by atoms with E-state index in [0.29, 0.717) is 0 Å². The first-order valence-corrected chi connectivity index (χ1v) is 0. The van der Waals surface area contributed by atoms with E-state index >= 15 is 0 Å². The Labute approximate surface area is 64.1 Å². The Hall–Kier alpha value is 1.79. The van der Waals surface area contributed by atoms with Crippen molar-refractivity contribution >= 4 is 37.2 Å². The Balaban J connectivity index is 0. The summed E-state index contributed by atoms with van der Waals surface area (Å²) in [5.41, 5.74) is 0. The summed E-state index contributed by atoms with van der Waals surface area (Å²) in [5.74, 6) is 0. The van der Waals surface area contributed by atoms with Crippen LogP contribution >= 0.6 is 37.2 Å². The van der Waals surface area contributed by atoms with Crippen LogP contribution in [0.5, 0.6) is 0 Å². The molecule has 0 aromatic carbocycles. The van der Waals surface area contributed by atoms with E-state index in [1.165, 1.54) is 0 Å². The van der Waals surface area contributed by atoms with Crippen LogP contribution in [-0.4, -0.2) is 0 Å². The SMILES string of the molecule is Cl.Cl.Cl.[Cd]. The van der Waals surface area contributed by atoms with Crippen LogP contribution in [0.4, 0.5) is 0 Å². The molecular formula is H3CdCl3. The van der Waals surface area contributed by atoms with Crippen LogP contribution in [0.2, 0.25) is 0 Å². The summed E-state index contributed by atoms with van der Waals surface area (Å²) in [7, 11) is 0. The van der Waals surface area contributed by atoms with E-state index in [-0.39, 0.29) is 64.5 Å². The fourth-order valence-corrected chi connectivity index (χ4v) is 0. The van der Waals surface area contributed by atoms with Gasteiger partial charge >= 0.3 is 0 Å². The standard InChI is InChI=1S/Cd.3ClH/h;3*1H. The summed E-state index contributed by atoms with van der Waals surface area (Å²) in [6.45, 7) is 0. The van der Waals surface area contributed by atoms with Crippen molar-refractivity contribution in [1.29, 1.82) is 0 Å². The first-order chi connectivity index (χ1) is 0. The molecule has 26 valence electrons. The van der Waals surface area contributed by atoms with Gasteiger partial charge in [0.25, 0.3) is 0 Å². The van der Waals surface area contributed by atoms with Crippen molar-refractivity contribution in [1.82, 2.24) is 0 Å². The fraction of sp³-hybridized carbons (Fsp3) is 0. The van der Waals surface area contributed by atoms with Crippen LogP contribution in [0.3, 0.4) is 0 Å². The molecule has 0 aromatic rings. The van der Waals surface area contributed by atoms with Gasteiger partial charge in [0.1, 0.15) is 0 Å². The van der Waals surface area contributed by atoms with Crippen molar-refractivity contribution in [3.63, 3.8) is 0 Å². The van der Waals surface area contributed by atoms with E-state index < -0.39 is 0 Å². The zero-order valence-corrected chi connectivity index (χ0v) is 8.42. The van der Waals surface area contributed by atoms with Gasteiger partial charge in [-0.3, -0.25) is 0 Å². The third kappa shape index (κ3) is 9.20. The number of hydrogen-bond acceptors (Lipinski definition) is 0. The molecule has 4 heavy (non-hydrogen) atoms. The maximum Gasteiger partial charge on any atom is 0 e. The summed E-state index contributed by atoms with van der Waals surface area (Å²) in [5, 5.41) is 0. The fourth-order valence-electron chi connectivity index (χ4n) is 0. The van der Waals surface area contributed by atoms with E-state index in [4.69, 9.17) is 0 Å². The van der Waals surface area contributed by atoms with Gasteiger partial charge in [0.05, 0.1) is 0 Å². The first kappa shape index (κ1) is 41.4. The zero-order chi connectivity index (χ0) is 0. The third-order valence-corrected chi connectivity index (χ3v) is 0. The molecule has 0 bridgehead atoms. The molecular weight excluding hydrogens is 219 g/mol. The predicted molar refractivity (Wildman–Crippen MR) is 21.7 cm³/mol. The minimum absolute atomic E-state index is 0. The first-order valence-electron chi connectivity index (χ1n) is 0. The van der Waals surface area contributed by atoms with Crippen molar-refractivity contribution in [3.8, 4) is 0 Å². The van der Waals surface area contributed by atoms with Crippen LogP contribution in [-0.2, 0) is 27.3 Å². The molecule has 0 saturated carbocycles. The largest absolute Gasteiger partial charge is 0.147 e. The molecule has 0 saturated heterocycles. The molecule has 0 aliphatic heterocycles. The Kier molecular flexibility index (Phi) is 222. The van der Waals surface area contributed by atoms with Crippen LogP contribution in [0, 0.1) is 0 Å². The topological polar surface area (TPSA) is 0 Å². The van der Waals surface area contributed by atoms with Gasteiger partial charge in [-0.05, 0) is 0 Å². The minimum atomic E-state index is 0. The average Bonchev–Trinajstić information content (AvgIpc) is 0. The molecule has 0 nitrogen and oxygen atoms in total. The molecule has 0 unspecified atom stereocenters. The summed E-state index contributed by atoms with van der Waals surface area (Å²) in [6, 6.07) is 0. The molecule has 0 aliphatic rings. The Morgan fingerprint density at radius 3 is 0.500 bits per heavy atom. The Morgan fingerprint density at radius 2 is 0.500 bits per heavy atom. The Morgan fingerprint density at radius 1 is 0.500 bits per heavy atom. The van der Waals surface area contributed by atoms with Crippen molar-refractivity contribution in [2.24, 2.45) is 0 Å². The van der Waals surface area contributed by atoms with Gasteiger partial charge in [-0.2, -0.15) is 0 Å². The van der Waals surface area contributed by atoms with Gasteiger partial charge < -0.3 is 0 Å². The predicted octanol–water partition coefficient (Wildman–Crippen LogP) is 1.26. The monoisotopic (exact) mass is 222 g/mol. The molecule has 0 heterocycles. The van der Waals surface area contributed by atoms with Crippen molar-refractivity contribution < 1.29 is 27.3 Å². The van der Waals surface area contributed by atoms with Gasteiger partial charge in [0.2, 0.25) is 0 Å².